The first kappa shape index (κ1) is 17.0. The number of fused-ring (bicyclic) bond motifs is 1. The maximum absolute atomic E-state index is 12.3. The SMILES string of the molecule is Cn1cc(/C=C2/C(=O)N3C(C(=O)[O-])=C(n4ccnc4)S[C@H]23)nn1.[Na+]. The van der Waals surface area contributed by atoms with Gasteiger partial charge in [0.2, 0.25) is 0 Å². The number of thioether (sulfide) groups is 1. The van der Waals surface area contributed by atoms with Crippen molar-refractivity contribution in [2.45, 2.75) is 5.37 Å². The minimum atomic E-state index is -1.39. The Morgan fingerprint density at radius 2 is 2.25 bits per heavy atom. The monoisotopic (exact) mass is 352 g/mol. The number of aryl methyl sites for hydroxylation is 1. The van der Waals surface area contributed by atoms with Crippen LogP contribution in [0.5, 0.6) is 0 Å². The van der Waals surface area contributed by atoms with Gasteiger partial charge in [-0.05, 0) is 6.08 Å². The predicted molar refractivity (Wildman–Crippen MR) is 77.7 cm³/mol. The Labute approximate surface area is 162 Å². The number of carbonyl (C=O) groups is 2. The fourth-order valence-electron chi connectivity index (χ4n) is 2.50. The van der Waals surface area contributed by atoms with E-state index in [9.17, 15) is 14.7 Å². The number of amides is 1. The van der Waals surface area contributed by atoms with E-state index in [1.165, 1.54) is 33.9 Å². The summed E-state index contributed by atoms with van der Waals surface area (Å²) in [6, 6.07) is 0. The second-order valence-corrected chi connectivity index (χ2v) is 6.04. The number of aliphatic carboxylic acids is 1. The molecule has 0 unspecified atom stereocenters. The predicted octanol–water partition coefficient (Wildman–Crippen LogP) is -4.11. The Hall–Kier alpha value is -1.88. The van der Waals surface area contributed by atoms with Crippen molar-refractivity contribution in [3.8, 4) is 0 Å². The fraction of sp³-hybridized carbons (Fsp3) is 0.154. The van der Waals surface area contributed by atoms with Gasteiger partial charge in [0.05, 0.1) is 29.8 Å². The smallest absolute Gasteiger partial charge is 0.543 e. The first-order valence-corrected chi connectivity index (χ1v) is 7.46. The van der Waals surface area contributed by atoms with Crippen LogP contribution in [0.2, 0.25) is 0 Å². The van der Waals surface area contributed by atoms with Gasteiger partial charge in [-0.2, -0.15) is 0 Å². The van der Waals surface area contributed by atoms with E-state index in [-0.39, 0.29) is 41.2 Å². The van der Waals surface area contributed by atoms with E-state index in [0.717, 1.165) is 0 Å². The van der Waals surface area contributed by atoms with E-state index in [1.54, 1.807) is 30.1 Å². The zero-order chi connectivity index (χ0) is 16.1. The molecule has 2 aliphatic rings. The minimum absolute atomic E-state index is 0. The second-order valence-electron chi connectivity index (χ2n) is 4.97. The van der Waals surface area contributed by atoms with Crippen LogP contribution < -0.4 is 34.7 Å². The molecule has 2 aliphatic heterocycles. The standard InChI is InChI=1S/C13H10N6O3S.Na/c1-17-5-7(15-16-17)4-8-10(20)19-9(13(21)22)12(23-11(8)19)18-3-2-14-6-18;/h2-6,11H,1H3,(H,21,22);/q;+1/p-1/b8-4-;/t11-;/m1./s1. The molecule has 1 amide bonds. The normalized spacial score (nSPS) is 20.9. The summed E-state index contributed by atoms with van der Waals surface area (Å²) < 4.78 is 3.08. The molecule has 1 fully saturated rings. The summed E-state index contributed by atoms with van der Waals surface area (Å²) in [6.07, 6.45) is 7.93. The van der Waals surface area contributed by atoms with Gasteiger partial charge < -0.3 is 9.90 Å². The third-order valence-corrected chi connectivity index (χ3v) is 4.80. The largest absolute Gasteiger partial charge is 1.00 e. The van der Waals surface area contributed by atoms with Gasteiger partial charge in [-0.1, -0.05) is 17.0 Å². The molecule has 1 atom stereocenters. The number of β-lactam (4-membered cyclic amide) rings is 1. The molecular weight excluding hydrogens is 343 g/mol. The molecule has 2 aromatic rings. The Balaban J connectivity index is 0.00000169. The van der Waals surface area contributed by atoms with E-state index < -0.39 is 11.3 Å². The Morgan fingerprint density at radius 3 is 2.83 bits per heavy atom. The molecule has 0 aliphatic carbocycles. The van der Waals surface area contributed by atoms with Crippen molar-refractivity contribution in [3.63, 3.8) is 0 Å². The zero-order valence-corrected chi connectivity index (χ0v) is 15.6. The van der Waals surface area contributed by atoms with Crippen LogP contribution in [0.4, 0.5) is 0 Å². The molecule has 11 heteroatoms. The number of rotatable bonds is 3. The van der Waals surface area contributed by atoms with Crippen molar-refractivity contribution in [2.24, 2.45) is 7.05 Å². The van der Waals surface area contributed by atoms with Crippen LogP contribution in [0.1, 0.15) is 5.69 Å². The Morgan fingerprint density at radius 1 is 1.46 bits per heavy atom. The molecule has 0 radical (unpaired) electrons. The maximum Gasteiger partial charge on any atom is 1.00 e. The van der Waals surface area contributed by atoms with Gasteiger partial charge in [0.25, 0.3) is 5.91 Å². The van der Waals surface area contributed by atoms with E-state index in [1.807, 2.05) is 0 Å². The van der Waals surface area contributed by atoms with Gasteiger partial charge >= 0.3 is 29.6 Å². The summed E-state index contributed by atoms with van der Waals surface area (Å²) >= 11 is 1.26. The summed E-state index contributed by atoms with van der Waals surface area (Å²) in [5, 5.41) is 19.2. The quantitative estimate of drug-likeness (QED) is 0.314. The van der Waals surface area contributed by atoms with Gasteiger partial charge in [0.1, 0.15) is 16.1 Å². The topological polar surface area (TPSA) is 109 Å². The molecule has 4 heterocycles. The number of hydrogen-bond donors (Lipinski definition) is 0. The van der Waals surface area contributed by atoms with Crippen molar-refractivity contribution >= 4 is 34.7 Å². The summed E-state index contributed by atoms with van der Waals surface area (Å²) in [7, 11) is 1.72. The molecule has 9 nitrogen and oxygen atoms in total. The van der Waals surface area contributed by atoms with Gasteiger partial charge in [0.15, 0.2) is 0 Å². The first-order valence-electron chi connectivity index (χ1n) is 6.58. The number of nitrogens with zero attached hydrogens (tertiary/aromatic N) is 6. The molecular formula is C13H9N6NaO3S. The fourth-order valence-corrected chi connectivity index (χ4v) is 3.83. The summed E-state index contributed by atoms with van der Waals surface area (Å²) in [6.45, 7) is 0. The number of carbonyl (C=O) groups excluding carboxylic acids is 2. The molecule has 116 valence electrons. The average Bonchev–Trinajstić information content (AvgIpc) is 3.22. The maximum atomic E-state index is 12.3. The van der Waals surface area contributed by atoms with Gasteiger partial charge in [0, 0.05) is 19.4 Å². The number of carboxylic acids is 1. The van der Waals surface area contributed by atoms with Crippen LogP contribution in [0.15, 0.2) is 36.2 Å². The van der Waals surface area contributed by atoms with Crippen molar-refractivity contribution in [1.29, 1.82) is 0 Å². The molecule has 0 saturated carbocycles. The first-order chi connectivity index (χ1) is 11.1. The van der Waals surface area contributed by atoms with Crippen molar-refractivity contribution in [2.75, 3.05) is 0 Å². The number of hydrogen-bond acceptors (Lipinski definition) is 7. The number of carboxylic acid groups (broad SMARTS) is 1. The third-order valence-electron chi connectivity index (χ3n) is 3.49. The van der Waals surface area contributed by atoms with Gasteiger partial charge in [-0.3, -0.25) is 18.9 Å². The molecule has 0 aromatic carbocycles. The number of aromatic nitrogens is 5. The molecule has 0 spiro atoms. The van der Waals surface area contributed by atoms with Crippen LogP contribution in [0.3, 0.4) is 0 Å². The van der Waals surface area contributed by atoms with E-state index >= 15 is 0 Å². The minimum Gasteiger partial charge on any atom is -0.543 e. The third kappa shape index (κ3) is 2.51. The summed E-state index contributed by atoms with van der Waals surface area (Å²) in [4.78, 5) is 28.9. The van der Waals surface area contributed by atoms with Gasteiger partial charge in [-0.15, -0.1) is 5.10 Å². The molecule has 1 saturated heterocycles. The van der Waals surface area contributed by atoms with Crippen LogP contribution in [-0.2, 0) is 16.6 Å². The van der Waals surface area contributed by atoms with Crippen molar-refractivity contribution in [1.82, 2.24) is 29.4 Å². The summed E-state index contributed by atoms with van der Waals surface area (Å²) in [5.74, 6) is -1.77. The molecule has 4 rings (SSSR count). The van der Waals surface area contributed by atoms with Crippen LogP contribution >= 0.6 is 11.8 Å². The van der Waals surface area contributed by atoms with E-state index in [2.05, 4.69) is 15.3 Å². The van der Waals surface area contributed by atoms with Crippen LogP contribution in [0, 0.1) is 0 Å². The van der Waals surface area contributed by atoms with E-state index in [4.69, 9.17) is 0 Å². The zero-order valence-electron chi connectivity index (χ0n) is 12.8. The Bertz CT molecular complexity index is 887. The Kier molecular flexibility index (Phi) is 4.38. The average molecular weight is 352 g/mol. The second kappa shape index (κ2) is 6.20. The molecule has 0 bridgehead atoms. The van der Waals surface area contributed by atoms with E-state index in [0.29, 0.717) is 16.3 Å². The molecule has 2 aromatic heterocycles. The van der Waals surface area contributed by atoms with Crippen molar-refractivity contribution in [3.05, 3.63) is 41.9 Å². The van der Waals surface area contributed by atoms with Crippen LogP contribution in [0.25, 0.3) is 11.1 Å². The molecule has 24 heavy (non-hydrogen) atoms. The summed E-state index contributed by atoms with van der Waals surface area (Å²) in [5.41, 5.74) is 0.880. The molecule has 0 N–H and O–H groups in total. The van der Waals surface area contributed by atoms with Gasteiger partial charge in [-0.25, -0.2) is 4.98 Å². The van der Waals surface area contributed by atoms with Crippen molar-refractivity contribution < 1.29 is 44.3 Å². The van der Waals surface area contributed by atoms with Crippen LogP contribution in [-0.4, -0.2) is 46.7 Å². The number of imidazole rings is 1.